The molecule has 0 aromatic rings. The van der Waals surface area contributed by atoms with Crippen LogP contribution in [0.1, 0.15) is 143 Å². The predicted molar refractivity (Wildman–Crippen MR) is 132 cm³/mol. The molecule has 0 saturated carbocycles. The van der Waals surface area contributed by atoms with Crippen LogP contribution >= 0.6 is 7.26 Å². The maximum atomic E-state index is 2.44. The maximum Gasteiger partial charge on any atom is 0.0594 e. The minimum Gasteiger partial charge on any atom is -1.00 e. The third-order valence-electron chi connectivity index (χ3n) is 6.37. The fraction of sp³-hybridized carbons (Fsp3) is 1.00. The van der Waals surface area contributed by atoms with Crippen molar-refractivity contribution >= 4 is 7.26 Å². The fourth-order valence-electron chi connectivity index (χ4n) is 4.78. The van der Waals surface area contributed by atoms with Crippen LogP contribution in [0.25, 0.3) is 0 Å². The summed E-state index contributed by atoms with van der Waals surface area (Å²) in [6.07, 6.45) is 32.9. The van der Waals surface area contributed by atoms with E-state index in [4.69, 9.17) is 0 Å². The number of unbranched alkanes of at least 4 members (excludes halogenated alkanes) is 14. The monoisotopic (exact) mass is 434 g/mol. The average Bonchev–Trinajstić information content (AvgIpc) is 2.66. The van der Waals surface area contributed by atoms with Gasteiger partial charge in [0, 0.05) is 7.26 Å². The van der Waals surface area contributed by atoms with E-state index in [1.54, 1.807) is 37.5 Å². The van der Waals surface area contributed by atoms with E-state index in [0.29, 0.717) is 0 Å². The van der Waals surface area contributed by atoms with Crippen molar-refractivity contribution < 1.29 is 12.4 Å². The largest absolute Gasteiger partial charge is 1.00 e. The van der Waals surface area contributed by atoms with Crippen molar-refractivity contribution in [1.29, 1.82) is 0 Å². The minimum atomic E-state index is -0.629. The summed E-state index contributed by atoms with van der Waals surface area (Å²) in [5, 5.41) is 0. The summed E-state index contributed by atoms with van der Waals surface area (Å²) in [7, 11) is -0.629. The van der Waals surface area contributed by atoms with Crippen LogP contribution < -0.4 is 12.4 Å². The smallest absolute Gasteiger partial charge is 0.0594 e. The first-order valence-electron chi connectivity index (χ1n) is 13.1. The van der Waals surface area contributed by atoms with E-state index in [1.165, 1.54) is 103 Å². The van der Waals surface area contributed by atoms with Crippen molar-refractivity contribution in [3.8, 4) is 0 Å². The molecule has 0 N–H and O–H groups in total. The second kappa shape index (κ2) is 24.0. The van der Waals surface area contributed by atoms with Crippen LogP contribution in [-0.4, -0.2) is 24.6 Å². The Balaban J connectivity index is 0. The molecule has 0 aromatic heterocycles. The molecule has 2 heteroatoms. The van der Waals surface area contributed by atoms with Crippen LogP contribution in [0, 0.1) is 0 Å². The summed E-state index contributed by atoms with van der Waals surface area (Å²) >= 11 is 0. The van der Waals surface area contributed by atoms with E-state index in [-0.39, 0.29) is 12.4 Å². The summed E-state index contributed by atoms with van der Waals surface area (Å²) in [4.78, 5) is 0. The highest BCUT2D eigenvalue weighted by Gasteiger charge is 2.33. The SMILES string of the molecule is CCCCCCCCCC[P+](CCC)(CCC)CCCCCCCCCC.[Cl-]. The van der Waals surface area contributed by atoms with Gasteiger partial charge in [-0.3, -0.25) is 0 Å². The van der Waals surface area contributed by atoms with Crippen molar-refractivity contribution in [2.75, 3.05) is 24.6 Å². The standard InChI is InChI=1S/C26H56P.ClH/c1-5-9-11-13-15-17-19-21-25-27(23-7-3,24-8-4)26-22-20-18-16-14-12-10-6-2;/h5-26H2,1-4H3;1H/q+1;/p-1. The highest BCUT2D eigenvalue weighted by Crippen LogP contribution is 2.61. The zero-order valence-electron chi connectivity index (χ0n) is 20.4. The lowest BCUT2D eigenvalue weighted by Crippen LogP contribution is -3.00. The van der Waals surface area contributed by atoms with Crippen LogP contribution in [0.5, 0.6) is 0 Å². The second-order valence-corrected chi connectivity index (χ2v) is 13.7. The predicted octanol–water partition coefficient (Wildman–Crippen LogP) is 7.11. The lowest BCUT2D eigenvalue weighted by molar-refractivity contribution is -0.00000625. The van der Waals surface area contributed by atoms with Crippen LogP contribution in [0.2, 0.25) is 0 Å². The Morgan fingerprint density at radius 1 is 0.321 bits per heavy atom. The topological polar surface area (TPSA) is 0 Å². The first-order chi connectivity index (χ1) is 13.2. The zero-order chi connectivity index (χ0) is 20.1. The molecule has 0 aliphatic rings. The molecule has 28 heavy (non-hydrogen) atoms. The van der Waals surface area contributed by atoms with Gasteiger partial charge in [-0.2, -0.15) is 0 Å². The number of hydrogen-bond donors (Lipinski definition) is 0. The third-order valence-corrected chi connectivity index (χ3v) is 11.7. The van der Waals surface area contributed by atoms with Gasteiger partial charge >= 0.3 is 0 Å². The molecule has 0 aliphatic carbocycles. The van der Waals surface area contributed by atoms with Crippen molar-refractivity contribution in [1.82, 2.24) is 0 Å². The molecule has 0 spiro atoms. The molecule has 0 nitrogen and oxygen atoms in total. The Labute approximate surface area is 187 Å². The Bertz CT molecular complexity index is 252. The van der Waals surface area contributed by atoms with Gasteiger partial charge in [0.25, 0.3) is 0 Å². The summed E-state index contributed by atoms with van der Waals surface area (Å²) in [5.41, 5.74) is 0. The molecule has 0 aliphatic heterocycles. The quantitative estimate of drug-likeness (QED) is 0.126. The first kappa shape index (κ1) is 30.9. The molecule has 0 fully saturated rings. The van der Waals surface area contributed by atoms with Crippen molar-refractivity contribution in [2.24, 2.45) is 0 Å². The van der Waals surface area contributed by atoms with Crippen LogP contribution in [-0.2, 0) is 0 Å². The average molecular weight is 435 g/mol. The van der Waals surface area contributed by atoms with Gasteiger partial charge in [0.15, 0.2) is 0 Å². The Kier molecular flexibility index (Phi) is 26.5. The second-order valence-electron chi connectivity index (χ2n) is 9.19. The summed E-state index contributed by atoms with van der Waals surface area (Å²) in [5.74, 6) is 0. The van der Waals surface area contributed by atoms with E-state index < -0.39 is 7.26 Å². The molecule has 0 atom stereocenters. The molecular formula is C26H56ClP. The lowest BCUT2D eigenvalue weighted by Gasteiger charge is -2.27. The van der Waals surface area contributed by atoms with E-state index in [9.17, 15) is 0 Å². The molecule has 0 heterocycles. The van der Waals surface area contributed by atoms with Crippen molar-refractivity contribution in [3.63, 3.8) is 0 Å². The molecular weight excluding hydrogens is 379 g/mol. The number of hydrogen-bond acceptors (Lipinski definition) is 0. The molecule has 0 bridgehead atoms. The van der Waals surface area contributed by atoms with Crippen molar-refractivity contribution in [2.45, 2.75) is 143 Å². The highest BCUT2D eigenvalue weighted by atomic mass is 35.5. The van der Waals surface area contributed by atoms with Gasteiger partial charge < -0.3 is 12.4 Å². The molecule has 172 valence electrons. The van der Waals surface area contributed by atoms with Gasteiger partial charge in [-0.15, -0.1) is 0 Å². The van der Waals surface area contributed by atoms with Gasteiger partial charge in [-0.25, -0.2) is 0 Å². The maximum absolute atomic E-state index is 2.44. The molecule has 0 unspecified atom stereocenters. The minimum absolute atomic E-state index is 0. The van der Waals surface area contributed by atoms with Gasteiger partial charge in [0.1, 0.15) is 0 Å². The van der Waals surface area contributed by atoms with E-state index in [1.807, 2.05) is 0 Å². The summed E-state index contributed by atoms with van der Waals surface area (Å²) in [6, 6.07) is 0. The van der Waals surface area contributed by atoms with E-state index in [2.05, 4.69) is 27.7 Å². The van der Waals surface area contributed by atoms with Crippen LogP contribution in [0.4, 0.5) is 0 Å². The Morgan fingerprint density at radius 3 is 0.893 bits per heavy atom. The fourth-order valence-corrected chi connectivity index (χ4v) is 9.81. The van der Waals surface area contributed by atoms with Gasteiger partial charge in [0.2, 0.25) is 0 Å². The van der Waals surface area contributed by atoms with Gasteiger partial charge in [-0.1, -0.05) is 105 Å². The zero-order valence-corrected chi connectivity index (χ0v) is 22.0. The molecule has 0 aromatic carbocycles. The Hall–Kier alpha value is 0.720. The first-order valence-corrected chi connectivity index (χ1v) is 15.6. The van der Waals surface area contributed by atoms with E-state index in [0.717, 1.165) is 0 Å². The summed E-state index contributed by atoms with van der Waals surface area (Å²) in [6.45, 7) is 9.51. The van der Waals surface area contributed by atoms with Gasteiger partial charge in [0.05, 0.1) is 24.6 Å². The van der Waals surface area contributed by atoms with Crippen molar-refractivity contribution in [3.05, 3.63) is 0 Å². The third kappa shape index (κ3) is 18.7. The lowest BCUT2D eigenvalue weighted by atomic mass is 10.1. The Morgan fingerprint density at radius 2 is 0.607 bits per heavy atom. The molecule has 0 amide bonds. The number of rotatable bonds is 22. The van der Waals surface area contributed by atoms with Crippen LogP contribution in [0.3, 0.4) is 0 Å². The molecule has 0 radical (unpaired) electrons. The molecule has 0 rings (SSSR count). The highest BCUT2D eigenvalue weighted by molar-refractivity contribution is 7.75. The van der Waals surface area contributed by atoms with Crippen LogP contribution in [0.15, 0.2) is 0 Å². The van der Waals surface area contributed by atoms with Gasteiger partial charge in [-0.05, 0) is 38.5 Å². The normalized spacial score (nSPS) is 11.6. The van der Waals surface area contributed by atoms with E-state index >= 15 is 0 Å². The summed E-state index contributed by atoms with van der Waals surface area (Å²) < 4.78 is 0. The molecule has 0 saturated heterocycles. The number of halogens is 1.